The molecule has 0 saturated carbocycles. The molecule has 1 aliphatic heterocycles. The van der Waals surface area contributed by atoms with Gasteiger partial charge in [0.2, 0.25) is 15.9 Å². The molecule has 1 amide bonds. The Morgan fingerprint density at radius 1 is 1.06 bits per heavy atom. The maximum absolute atomic E-state index is 13.7. The SMILES string of the molecule is Cc1ccc(C2c3ccsc3CCN2C(=O)CN(C(C)(C)C)S(=O)(=O)c2ccccc2)cc1. The zero-order valence-electron chi connectivity index (χ0n) is 19.5. The van der Waals surface area contributed by atoms with Crippen molar-refractivity contribution in [3.05, 3.63) is 87.6 Å². The summed E-state index contributed by atoms with van der Waals surface area (Å²) in [5.41, 5.74) is 2.58. The number of hydrogen-bond donors (Lipinski definition) is 0. The topological polar surface area (TPSA) is 57.7 Å². The molecule has 0 fully saturated rings. The summed E-state index contributed by atoms with van der Waals surface area (Å²) in [4.78, 5) is 17.1. The molecule has 0 bridgehead atoms. The Kier molecular flexibility index (Phi) is 6.49. The third-order valence-electron chi connectivity index (χ3n) is 6.04. The van der Waals surface area contributed by atoms with E-state index >= 15 is 0 Å². The summed E-state index contributed by atoms with van der Waals surface area (Å²) >= 11 is 1.72. The molecular weight excluding hydrogens is 452 g/mol. The number of thiophene rings is 1. The molecule has 2 heterocycles. The Bertz CT molecular complexity index is 1230. The number of hydrogen-bond acceptors (Lipinski definition) is 4. The van der Waals surface area contributed by atoms with Gasteiger partial charge in [0.25, 0.3) is 0 Å². The number of fused-ring (bicyclic) bond motifs is 1. The average Bonchev–Trinajstić information content (AvgIpc) is 3.26. The summed E-state index contributed by atoms with van der Waals surface area (Å²) < 4.78 is 28.3. The second-order valence-electron chi connectivity index (χ2n) is 9.45. The molecule has 3 aromatic rings. The number of carbonyl (C=O) groups excluding carboxylic acids is 1. The fourth-order valence-corrected chi connectivity index (χ4v) is 6.97. The van der Waals surface area contributed by atoms with Crippen molar-refractivity contribution in [3.8, 4) is 0 Å². The fourth-order valence-electron chi connectivity index (χ4n) is 4.31. The van der Waals surface area contributed by atoms with Crippen molar-refractivity contribution in [2.45, 2.75) is 50.6 Å². The zero-order valence-corrected chi connectivity index (χ0v) is 21.1. The highest BCUT2D eigenvalue weighted by molar-refractivity contribution is 7.89. The van der Waals surface area contributed by atoms with Gasteiger partial charge in [0.1, 0.15) is 0 Å². The number of carbonyl (C=O) groups is 1. The maximum atomic E-state index is 13.7. The van der Waals surface area contributed by atoms with Crippen LogP contribution in [-0.2, 0) is 21.2 Å². The van der Waals surface area contributed by atoms with Gasteiger partial charge in [-0.05, 0) is 68.8 Å². The van der Waals surface area contributed by atoms with Crippen molar-refractivity contribution in [2.75, 3.05) is 13.1 Å². The van der Waals surface area contributed by atoms with Gasteiger partial charge in [0.15, 0.2) is 0 Å². The van der Waals surface area contributed by atoms with Crippen LogP contribution in [-0.4, -0.2) is 42.2 Å². The Hall–Kier alpha value is -2.48. The van der Waals surface area contributed by atoms with Crippen LogP contribution in [0, 0.1) is 6.92 Å². The highest BCUT2D eigenvalue weighted by atomic mass is 32.2. The highest BCUT2D eigenvalue weighted by Crippen LogP contribution is 2.38. The van der Waals surface area contributed by atoms with E-state index in [4.69, 9.17) is 0 Å². The summed E-state index contributed by atoms with van der Waals surface area (Å²) in [5, 5.41) is 2.07. The van der Waals surface area contributed by atoms with Crippen molar-refractivity contribution in [1.29, 1.82) is 0 Å². The average molecular weight is 483 g/mol. The first-order valence-corrected chi connectivity index (χ1v) is 13.4. The van der Waals surface area contributed by atoms with Gasteiger partial charge in [-0.15, -0.1) is 11.3 Å². The first-order valence-electron chi connectivity index (χ1n) is 11.1. The summed E-state index contributed by atoms with van der Waals surface area (Å²) in [6, 6.07) is 18.4. The zero-order chi connectivity index (χ0) is 23.8. The van der Waals surface area contributed by atoms with E-state index in [0.29, 0.717) is 6.54 Å². The lowest BCUT2D eigenvalue weighted by Crippen LogP contribution is -2.52. The molecule has 0 saturated heterocycles. The molecule has 1 aliphatic rings. The molecule has 0 N–H and O–H groups in total. The van der Waals surface area contributed by atoms with Gasteiger partial charge >= 0.3 is 0 Å². The first kappa shape index (κ1) is 23.7. The minimum Gasteiger partial charge on any atom is -0.330 e. The minimum atomic E-state index is -3.84. The summed E-state index contributed by atoms with van der Waals surface area (Å²) in [7, 11) is -3.84. The largest absolute Gasteiger partial charge is 0.330 e. The monoisotopic (exact) mass is 482 g/mol. The van der Waals surface area contributed by atoms with Gasteiger partial charge in [-0.2, -0.15) is 4.31 Å². The summed E-state index contributed by atoms with van der Waals surface area (Å²) in [6.07, 6.45) is 0.780. The van der Waals surface area contributed by atoms with E-state index in [0.717, 1.165) is 23.1 Å². The van der Waals surface area contributed by atoms with E-state index in [9.17, 15) is 13.2 Å². The van der Waals surface area contributed by atoms with Gasteiger partial charge in [-0.1, -0.05) is 48.0 Å². The van der Waals surface area contributed by atoms with Gasteiger partial charge in [0, 0.05) is 17.0 Å². The number of amides is 1. The number of aryl methyl sites for hydroxylation is 1. The lowest BCUT2D eigenvalue weighted by atomic mass is 9.92. The van der Waals surface area contributed by atoms with Crippen LogP contribution in [0.3, 0.4) is 0 Å². The van der Waals surface area contributed by atoms with Gasteiger partial charge < -0.3 is 4.90 Å². The van der Waals surface area contributed by atoms with Crippen LogP contribution in [0.5, 0.6) is 0 Å². The van der Waals surface area contributed by atoms with Gasteiger partial charge in [-0.3, -0.25) is 4.79 Å². The predicted octanol–water partition coefficient (Wildman–Crippen LogP) is 5.02. The van der Waals surface area contributed by atoms with Crippen molar-refractivity contribution >= 4 is 27.3 Å². The molecule has 0 spiro atoms. The second kappa shape index (κ2) is 9.05. The third-order valence-corrected chi connectivity index (χ3v) is 9.16. The summed E-state index contributed by atoms with van der Waals surface area (Å²) in [6.45, 7) is 7.87. The molecule has 0 aliphatic carbocycles. The molecule has 5 nitrogen and oxygen atoms in total. The van der Waals surface area contributed by atoms with E-state index in [1.165, 1.54) is 9.18 Å². The molecule has 0 radical (unpaired) electrons. The van der Waals surface area contributed by atoms with Gasteiger partial charge in [0.05, 0.1) is 17.5 Å². The Labute approximate surface area is 200 Å². The van der Waals surface area contributed by atoms with E-state index in [1.54, 1.807) is 41.7 Å². The van der Waals surface area contributed by atoms with Gasteiger partial charge in [-0.25, -0.2) is 8.42 Å². The molecule has 33 heavy (non-hydrogen) atoms. The van der Waals surface area contributed by atoms with Crippen LogP contribution in [0.25, 0.3) is 0 Å². The van der Waals surface area contributed by atoms with E-state index in [1.807, 2.05) is 32.6 Å². The third kappa shape index (κ3) is 4.76. The van der Waals surface area contributed by atoms with Crippen LogP contribution in [0.4, 0.5) is 0 Å². The fraction of sp³-hybridized carbons (Fsp3) is 0.346. The van der Waals surface area contributed by atoms with Crippen LogP contribution in [0.1, 0.15) is 48.4 Å². The molecule has 4 rings (SSSR count). The van der Waals surface area contributed by atoms with Crippen molar-refractivity contribution in [1.82, 2.24) is 9.21 Å². The Morgan fingerprint density at radius 2 is 1.73 bits per heavy atom. The number of nitrogens with zero attached hydrogens (tertiary/aromatic N) is 2. The number of sulfonamides is 1. The Morgan fingerprint density at radius 3 is 2.36 bits per heavy atom. The molecule has 1 aromatic heterocycles. The van der Waals surface area contributed by atoms with Crippen LogP contribution in [0.15, 0.2) is 70.9 Å². The highest BCUT2D eigenvalue weighted by Gasteiger charge is 2.39. The smallest absolute Gasteiger partial charge is 0.244 e. The second-order valence-corrected chi connectivity index (χ2v) is 12.3. The molecule has 174 valence electrons. The van der Waals surface area contributed by atoms with Crippen LogP contribution < -0.4 is 0 Å². The summed E-state index contributed by atoms with van der Waals surface area (Å²) in [5.74, 6) is -0.188. The van der Waals surface area contributed by atoms with Crippen molar-refractivity contribution in [2.24, 2.45) is 0 Å². The molecule has 2 aromatic carbocycles. The standard InChI is InChI=1S/C26H30N2O3S2/c1-19-10-12-20(13-11-19)25-22-15-17-32-23(22)14-16-27(25)24(29)18-28(26(2,3)4)33(30,31)21-8-6-5-7-9-21/h5-13,15,17,25H,14,16,18H2,1-4H3. The lowest BCUT2D eigenvalue weighted by molar-refractivity contribution is -0.134. The Balaban J connectivity index is 1.70. The van der Waals surface area contributed by atoms with E-state index in [-0.39, 0.29) is 23.4 Å². The minimum absolute atomic E-state index is 0.188. The quantitative estimate of drug-likeness (QED) is 0.513. The first-order chi connectivity index (χ1) is 15.6. The predicted molar refractivity (Wildman–Crippen MR) is 133 cm³/mol. The van der Waals surface area contributed by atoms with E-state index in [2.05, 4.69) is 35.7 Å². The van der Waals surface area contributed by atoms with E-state index < -0.39 is 15.6 Å². The van der Waals surface area contributed by atoms with Crippen LogP contribution in [0.2, 0.25) is 0 Å². The number of rotatable bonds is 5. The maximum Gasteiger partial charge on any atom is 0.244 e. The lowest BCUT2D eigenvalue weighted by Gasteiger charge is -2.40. The normalized spacial score (nSPS) is 16.6. The molecule has 1 atom stereocenters. The number of benzene rings is 2. The van der Waals surface area contributed by atoms with Crippen molar-refractivity contribution < 1.29 is 13.2 Å². The molecular formula is C26H30N2O3S2. The molecule has 7 heteroatoms. The van der Waals surface area contributed by atoms with Crippen LogP contribution >= 0.6 is 11.3 Å². The molecule has 1 unspecified atom stereocenters. The van der Waals surface area contributed by atoms with Crippen molar-refractivity contribution in [3.63, 3.8) is 0 Å².